The molecule has 20 heavy (non-hydrogen) atoms. The number of likely N-dealkylation sites (N-methyl/N-ethyl adjacent to an activating group) is 2. The van der Waals surface area contributed by atoms with E-state index >= 15 is 0 Å². The molecule has 0 saturated heterocycles. The van der Waals surface area contributed by atoms with Crippen molar-refractivity contribution in [2.75, 3.05) is 27.2 Å². The van der Waals surface area contributed by atoms with Crippen LogP contribution < -0.4 is 0 Å². The number of carbonyl (C=O) groups is 2. The standard InChI is InChI=1S/C15H22N2O3/c1-12(15(19)20)9-16(2)11-14(18)17(3)10-13-7-5-4-6-8-13/h4-8,12H,9-11H2,1-3H3,(H,19,20). The third kappa shape index (κ3) is 5.40. The van der Waals surface area contributed by atoms with E-state index in [4.69, 9.17) is 5.11 Å². The lowest BCUT2D eigenvalue weighted by atomic mass is 10.2. The topological polar surface area (TPSA) is 60.9 Å². The van der Waals surface area contributed by atoms with Crippen LogP contribution in [0.25, 0.3) is 0 Å². The zero-order valence-electron chi connectivity index (χ0n) is 12.2. The minimum Gasteiger partial charge on any atom is -0.481 e. The van der Waals surface area contributed by atoms with Gasteiger partial charge in [0.1, 0.15) is 0 Å². The van der Waals surface area contributed by atoms with Crippen molar-refractivity contribution in [3.8, 4) is 0 Å². The van der Waals surface area contributed by atoms with Crippen LogP contribution in [-0.4, -0.2) is 54.0 Å². The highest BCUT2D eigenvalue weighted by molar-refractivity contribution is 5.78. The van der Waals surface area contributed by atoms with Crippen LogP contribution in [0.2, 0.25) is 0 Å². The number of nitrogens with zero attached hydrogens (tertiary/aromatic N) is 2. The second-order valence-corrected chi connectivity index (χ2v) is 5.17. The van der Waals surface area contributed by atoms with Gasteiger partial charge in [0.15, 0.2) is 0 Å². The van der Waals surface area contributed by atoms with Crippen LogP contribution in [0.15, 0.2) is 30.3 Å². The van der Waals surface area contributed by atoms with E-state index in [0.717, 1.165) is 5.56 Å². The van der Waals surface area contributed by atoms with E-state index in [1.807, 2.05) is 30.3 Å². The fourth-order valence-corrected chi connectivity index (χ4v) is 1.91. The van der Waals surface area contributed by atoms with Gasteiger partial charge in [0.2, 0.25) is 5.91 Å². The lowest BCUT2D eigenvalue weighted by molar-refractivity contribution is -0.142. The zero-order chi connectivity index (χ0) is 15.1. The summed E-state index contributed by atoms with van der Waals surface area (Å²) in [6, 6.07) is 9.76. The first-order valence-electron chi connectivity index (χ1n) is 6.59. The van der Waals surface area contributed by atoms with Gasteiger partial charge in [-0.25, -0.2) is 0 Å². The Bertz CT molecular complexity index is 448. The lowest BCUT2D eigenvalue weighted by Crippen LogP contribution is -2.38. The molecule has 1 unspecified atom stereocenters. The van der Waals surface area contributed by atoms with Gasteiger partial charge in [-0.3, -0.25) is 14.5 Å². The highest BCUT2D eigenvalue weighted by atomic mass is 16.4. The molecule has 1 N–H and O–H groups in total. The molecule has 1 amide bonds. The molecule has 110 valence electrons. The fourth-order valence-electron chi connectivity index (χ4n) is 1.91. The maximum absolute atomic E-state index is 12.0. The summed E-state index contributed by atoms with van der Waals surface area (Å²) in [5.74, 6) is -1.34. The first kappa shape index (κ1) is 16.2. The van der Waals surface area contributed by atoms with Crippen LogP contribution in [0.3, 0.4) is 0 Å². The fraction of sp³-hybridized carbons (Fsp3) is 0.467. The predicted molar refractivity (Wildman–Crippen MR) is 77.2 cm³/mol. The molecule has 0 aromatic heterocycles. The summed E-state index contributed by atoms with van der Waals surface area (Å²) in [6.45, 7) is 2.78. The minimum absolute atomic E-state index is 0.0195. The van der Waals surface area contributed by atoms with E-state index < -0.39 is 11.9 Å². The van der Waals surface area contributed by atoms with E-state index in [9.17, 15) is 9.59 Å². The van der Waals surface area contributed by atoms with Gasteiger partial charge in [-0.2, -0.15) is 0 Å². The van der Waals surface area contributed by atoms with Gasteiger partial charge >= 0.3 is 5.97 Å². The summed E-state index contributed by atoms with van der Waals surface area (Å²) in [6.07, 6.45) is 0. The summed E-state index contributed by atoms with van der Waals surface area (Å²) < 4.78 is 0. The molecule has 5 heteroatoms. The van der Waals surface area contributed by atoms with Crippen molar-refractivity contribution in [3.05, 3.63) is 35.9 Å². The number of carboxylic acid groups (broad SMARTS) is 1. The maximum atomic E-state index is 12.0. The predicted octanol–water partition coefficient (Wildman–Crippen LogP) is 1.30. The van der Waals surface area contributed by atoms with Crippen molar-refractivity contribution in [1.29, 1.82) is 0 Å². The number of hydrogen-bond acceptors (Lipinski definition) is 3. The van der Waals surface area contributed by atoms with Crippen molar-refractivity contribution in [2.45, 2.75) is 13.5 Å². The first-order chi connectivity index (χ1) is 9.40. The summed E-state index contributed by atoms with van der Waals surface area (Å²) in [7, 11) is 3.51. The Morgan fingerprint density at radius 3 is 2.35 bits per heavy atom. The highest BCUT2D eigenvalue weighted by Gasteiger charge is 2.17. The van der Waals surface area contributed by atoms with Crippen molar-refractivity contribution in [1.82, 2.24) is 9.80 Å². The highest BCUT2D eigenvalue weighted by Crippen LogP contribution is 2.04. The molecule has 0 aliphatic heterocycles. The monoisotopic (exact) mass is 278 g/mol. The van der Waals surface area contributed by atoms with Crippen LogP contribution in [0.5, 0.6) is 0 Å². The quantitative estimate of drug-likeness (QED) is 0.816. The molecule has 0 aliphatic rings. The van der Waals surface area contributed by atoms with Gasteiger partial charge in [0.25, 0.3) is 0 Å². The van der Waals surface area contributed by atoms with E-state index in [-0.39, 0.29) is 12.5 Å². The Morgan fingerprint density at radius 2 is 1.80 bits per heavy atom. The van der Waals surface area contributed by atoms with Gasteiger partial charge in [-0.05, 0) is 12.6 Å². The molecule has 0 saturated carbocycles. The Labute approximate surface area is 119 Å². The van der Waals surface area contributed by atoms with Crippen molar-refractivity contribution in [3.63, 3.8) is 0 Å². The van der Waals surface area contributed by atoms with Gasteiger partial charge in [-0.1, -0.05) is 37.3 Å². The van der Waals surface area contributed by atoms with Gasteiger partial charge in [0.05, 0.1) is 12.5 Å². The van der Waals surface area contributed by atoms with E-state index in [1.54, 1.807) is 30.8 Å². The summed E-state index contributed by atoms with van der Waals surface area (Å²) in [5.41, 5.74) is 1.07. The minimum atomic E-state index is -0.845. The van der Waals surface area contributed by atoms with Gasteiger partial charge < -0.3 is 10.0 Å². The number of amides is 1. The molecular formula is C15H22N2O3. The Balaban J connectivity index is 2.43. The average Bonchev–Trinajstić information content (AvgIpc) is 2.39. The van der Waals surface area contributed by atoms with Crippen molar-refractivity contribution < 1.29 is 14.7 Å². The first-order valence-corrected chi connectivity index (χ1v) is 6.59. The van der Waals surface area contributed by atoms with Crippen molar-refractivity contribution >= 4 is 11.9 Å². The molecule has 0 spiro atoms. The molecule has 0 aliphatic carbocycles. The largest absolute Gasteiger partial charge is 0.481 e. The van der Waals surface area contributed by atoms with Crippen LogP contribution in [0.4, 0.5) is 0 Å². The molecule has 0 fully saturated rings. The van der Waals surface area contributed by atoms with E-state index in [0.29, 0.717) is 13.1 Å². The van der Waals surface area contributed by atoms with E-state index in [1.165, 1.54) is 0 Å². The number of carboxylic acids is 1. The molecule has 0 bridgehead atoms. The molecule has 0 heterocycles. The summed E-state index contributed by atoms with van der Waals surface area (Å²) >= 11 is 0. The molecule has 1 aromatic rings. The molecule has 0 radical (unpaired) electrons. The summed E-state index contributed by atoms with van der Waals surface area (Å²) in [4.78, 5) is 26.2. The van der Waals surface area contributed by atoms with Gasteiger partial charge in [-0.15, -0.1) is 0 Å². The van der Waals surface area contributed by atoms with Crippen LogP contribution in [0.1, 0.15) is 12.5 Å². The molecule has 1 aromatic carbocycles. The average molecular weight is 278 g/mol. The number of hydrogen-bond donors (Lipinski definition) is 1. The second kappa shape index (κ2) is 7.65. The van der Waals surface area contributed by atoms with Crippen LogP contribution >= 0.6 is 0 Å². The zero-order valence-corrected chi connectivity index (χ0v) is 12.2. The van der Waals surface area contributed by atoms with Crippen LogP contribution in [-0.2, 0) is 16.1 Å². The Kier molecular flexibility index (Phi) is 6.18. The van der Waals surface area contributed by atoms with Crippen molar-refractivity contribution in [2.24, 2.45) is 5.92 Å². The SMILES string of the molecule is CC(CN(C)CC(=O)N(C)Cc1ccccc1)C(=O)O. The smallest absolute Gasteiger partial charge is 0.307 e. The number of rotatable bonds is 7. The molecule has 5 nitrogen and oxygen atoms in total. The Hall–Kier alpha value is -1.88. The number of aliphatic carboxylic acids is 1. The number of benzene rings is 1. The third-order valence-electron chi connectivity index (χ3n) is 3.10. The normalized spacial score (nSPS) is 12.2. The number of carbonyl (C=O) groups excluding carboxylic acids is 1. The maximum Gasteiger partial charge on any atom is 0.307 e. The van der Waals surface area contributed by atoms with Gasteiger partial charge in [0, 0.05) is 20.1 Å². The second-order valence-electron chi connectivity index (χ2n) is 5.17. The lowest BCUT2D eigenvalue weighted by Gasteiger charge is -2.23. The molecular weight excluding hydrogens is 256 g/mol. The molecule has 1 rings (SSSR count). The van der Waals surface area contributed by atoms with E-state index in [2.05, 4.69) is 0 Å². The molecule has 1 atom stereocenters. The summed E-state index contributed by atoms with van der Waals surface area (Å²) in [5, 5.41) is 8.85. The van der Waals surface area contributed by atoms with Crippen LogP contribution in [0, 0.1) is 5.92 Å². The third-order valence-corrected chi connectivity index (χ3v) is 3.10. The Morgan fingerprint density at radius 1 is 1.20 bits per heavy atom.